The fraction of sp³-hybridized carbons (Fsp3) is 0.308. The van der Waals surface area contributed by atoms with Crippen molar-refractivity contribution in [3.05, 3.63) is 34.8 Å². The van der Waals surface area contributed by atoms with Crippen molar-refractivity contribution in [3.8, 4) is 0 Å². The highest BCUT2D eigenvalue weighted by molar-refractivity contribution is 6.00. The second-order valence-corrected chi connectivity index (χ2v) is 4.57. The molecule has 0 unspecified atom stereocenters. The third-order valence-electron chi connectivity index (χ3n) is 2.89. The summed E-state index contributed by atoms with van der Waals surface area (Å²) < 4.78 is 6.30. The molecule has 106 valence electrons. The van der Waals surface area contributed by atoms with Crippen molar-refractivity contribution in [3.63, 3.8) is 0 Å². The topological polar surface area (TPSA) is 103 Å². The number of H-pyrrole nitrogens is 1. The van der Waals surface area contributed by atoms with Crippen molar-refractivity contribution < 1.29 is 14.3 Å². The average Bonchev–Trinajstić information content (AvgIpc) is 2.88. The van der Waals surface area contributed by atoms with Gasteiger partial charge in [0.05, 0.1) is 0 Å². The van der Waals surface area contributed by atoms with Crippen LogP contribution in [-0.2, 0) is 11.8 Å². The highest BCUT2D eigenvalue weighted by Crippen LogP contribution is 2.11. The molecule has 0 atom stereocenters. The molecule has 0 saturated heterocycles. The zero-order valence-corrected chi connectivity index (χ0v) is 11.6. The molecule has 2 aromatic heterocycles. The van der Waals surface area contributed by atoms with Crippen LogP contribution in [0.3, 0.4) is 0 Å². The molecule has 0 aliphatic carbocycles. The molecule has 0 fully saturated rings. The maximum absolute atomic E-state index is 12.0. The molecule has 0 aliphatic rings. The number of rotatable bonds is 4. The number of ether oxygens (including phenoxy) is 1. The number of hydrogen-bond acceptors (Lipinski definition) is 5. The Morgan fingerprint density at radius 2 is 2.10 bits per heavy atom. The number of nitrogen functional groups attached to an aromatic ring is 1. The van der Waals surface area contributed by atoms with Gasteiger partial charge in [0.15, 0.2) is 6.61 Å². The fourth-order valence-electron chi connectivity index (χ4n) is 1.98. The summed E-state index contributed by atoms with van der Waals surface area (Å²) in [7, 11) is 1.58. The fourth-order valence-corrected chi connectivity index (χ4v) is 1.98. The minimum atomic E-state index is -0.630. The molecule has 0 spiro atoms. The third kappa shape index (κ3) is 2.71. The van der Waals surface area contributed by atoms with Crippen LogP contribution >= 0.6 is 0 Å². The Balaban J connectivity index is 2.02. The Morgan fingerprint density at radius 1 is 1.40 bits per heavy atom. The largest absolute Gasteiger partial charge is 0.453 e. The summed E-state index contributed by atoms with van der Waals surface area (Å²) in [5, 5.41) is 3.84. The van der Waals surface area contributed by atoms with Crippen molar-refractivity contribution in [2.45, 2.75) is 13.8 Å². The maximum Gasteiger partial charge on any atom is 0.357 e. The molecule has 0 bridgehead atoms. The van der Waals surface area contributed by atoms with Crippen LogP contribution in [0.15, 0.2) is 12.1 Å². The van der Waals surface area contributed by atoms with Gasteiger partial charge in [0.2, 0.25) is 5.78 Å². The molecule has 2 aromatic rings. The molecule has 7 heteroatoms. The van der Waals surface area contributed by atoms with E-state index in [9.17, 15) is 9.59 Å². The quantitative estimate of drug-likeness (QED) is 0.640. The first kappa shape index (κ1) is 13.9. The first-order chi connectivity index (χ1) is 9.38. The van der Waals surface area contributed by atoms with Gasteiger partial charge in [0, 0.05) is 30.1 Å². The van der Waals surface area contributed by atoms with E-state index in [0.29, 0.717) is 5.56 Å². The Kier molecular flexibility index (Phi) is 3.60. The molecule has 0 amide bonds. The summed E-state index contributed by atoms with van der Waals surface area (Å²) in [6.45, 7) is 3.33. The third-order valence-corrected chi connectivity index (χ3v) is 2.89. The van der Waals surface area contributed by atoms with Crippen molar-refractivity contribution in [2.75, 3.05) is 12.3 Å². The van der Waals surface area contributed by atoms with Gasteiger partial charge in [0.25, 0.3) is 0 Å². The van der Waals surface area contributed by atoms with Crippen molar-refractivity contribution >= 4 is 17.6 Å². The molecule has 7 nitrogen and oxygen atoms in total. The summed E-state index contributed by atoms with van der Waals surface area (Å²) in [6, 6.07) is 3.13. The summed E-state index contributed by atoms with van der Waals surface area (Å²) >= 11 is 0. The number of aromatic nitrogens is 3. The van der Waals surface area contributed by atoms with Gasteiger partial charge in [-0.05, 0) is 19.9 Å². The second-order valence-electron chi connectivity index (χ2n) is 4.57. The molecule has 0 aliphatic heterocycles. The number of esters is 1. The van der Waals surface area contributed by atoms with Crippen LogP contribution in [0, 0.1) is 13.8 Å². The molecule has 0 saturated carbocycles. The van der Waals surface area contributed by atoms with Crippen LogP contribution in [-0.4, -0.2) is 33.1 Å². The smallest absolute Gasteiger partial charge is 0.357 e. The van der Waals surface area contributed by atoms with Crippen LogP contribution < -0.4 is 5.73 Å². The van der Waals surface area contributed by atoms with E-state index >= 15 is 0 Å². The lowest BCUT2D eigenvalue weighted by Gasteiger charge is -2.04. The molecule has 0 radical (unpaired) electrons. The number of Topliss-reactive ketones (excluding diaryl/α,β-unsaturated/α-hetero) is 1. The number of carbonyl (C=O) groups is 2. The minimum Gasteiger partial charge on any atom is -0.453 e. The summed E-state index contributed by atoms with van der Waals surface area (Å²) in [4.78, 5) is 26.8. The van der Waals surface area contributed by atoms with Gasteiger partial charge in [-0.25, -0.2) is 4.79 Å². The predicted molar refractivity (Wildman–Crippen MR) is 72.5 cm³/mol. The van der Waals surface area contributed by atoms with Crippen molar-refractivity contribution in [1.29, 1.82) is 0 Å². The zero-order valence-electron chi connectivity index (χ0n) is 11.6. The SMILES string of the molecule is Cc1cc(C(=O)COC(=O)c2cc(N)nn2C)c(C)[nH]1. The molecule has 2 rings (SSSR count). The summed E-state index contributed by atoms with van der Waals surface area (Å²) in [6.07, 6.45) is 0. The van der Waals surface area contributed by atoms with Crippen molar-refractivity contribution in [1.82, 2.24) is 14.8 Å². The minimum absolute atomic E-state index is 0.206. The highest BCUT2D eigenvalue weighted by Gasteiger charge is 2.17. The van der Waals surface area contributed by atoms with E-state index in [-0.39, 0.29) is 23.9 Å². The number of nitrogens with two attached hydrogens (primary N) is 1. The van der Waals surface area contributed by atoms with Crippen molar-refractivity contribution in [2.24, 2.45) is 7.05 Å². The second kappa shape index (κ2) is 5.20. The van der Waals surface area contributed by atoms with E-state index in [4.69, 9.17) is 10.5 Å². The van der Waals surface area contributed by atoms with Gasteiger partial charge in [-0.1, -0.05) is 0 Å². The van der Waals surface area contributed by atoms with Gasteiger partial charge < -0.3 is 15.5 Å². The number of aryl methyl sites for hydroxylation is 3. The predicted octanol–water partition coefficient (Wildman–Crippen LogP) is 0.987. The van der Waals surface area contributed by atoms with E-state index in [1.54, 1.807) is 20.0 Å². The molecular weight excluding hydrogens is 260 g/mol. The van der Waals surface area contributed by atoms with E-state index in [0.717, 1.165) is 11.4 Å². The Hall–Kier alpha value is -2.57. The Bertz CT molecular complexity index is 611. The van der Waals surface area contributed by atoms with E-state index < -0.39 is 5.97 Å². The number of ketones is 1. The number of hydrogen-bond donors (Lipinski definition) is 2. The molecular formula is C13H16N4O3. The van der Waals surface area contributed by atoms with Gasteiger partial charge in [-0.15, -0.1) is 0 Å². The lowest BCUT2D eigenvalue weighted by Crippen LogP contribution is -2.16. The van der Waals surface area contributed by atoms with Gasteiger partial charge in [-0.2, -0.15) is 5.10 Å². The first-order valence-electron chi connectivity index (χ1n) is 6.04. The number of aromatic amines is 1. The van der Waals surface area contributed by atoms with E-state index in [1.807, 2.05) is 6.92 Å². The normalized spacial score (nSPS) is 10.6. The molecule has 20 heavy (non-hydrogen) atoms. The number of anilines is 1. The Morgan fingerprint density at radius 3 is 2.60 bits per heavy atom. The van der Waals surface area contributed by atoms with E-state index in [2.05, 4.69) is 10.1 Å². The highest BCUT2D eigenvalue weighted by atomic mass is 16.5. The van der Waals surface area contributed by atoms with Crippen LogP contribution in [0.2, 0.25) is 0 Å². The van der Waals surface area contributed by atoms with Gasteiger partial charge in [-0.3, -0.25) is 9.48 Å². The lowest BCUT2D eigenvalue weighted by atomic mass is 10.1. The molecule has 3 N–H and O–H groups in total. The van der Waals surface area contributed by atoms with Gasteiger partial charge >= 0.3 is 5.97 Å². The van der Waals surface area contributed by atoms with Gasteiger partial charge in [0.1, 0.15) is 11.5 Å². The van der Waals surface area contributed by atoms with Crippen LogP contribution in [0.1, 0.15) is 32.2 Å². The lowest BCUT2D eigenvalue weighted by molar-refractivity contribution is 0.0463. The average molecular weight is 276 g/mol. The number of carbonyl (C=O) groups excluding carboxylic acids is 2. The zero-order chi connectivity index (χ0) is 14.9. The summed E-state index contributed by atoms with van der Waals surface area (Å²) in [5.41, 5.74) is 7.85. The summed E-state index contributed by atoms with van der Waals surface area (Å²) in [5.74, 6) is -0.659. The Labute approximate surface area is 115 Å². The number of nitrogens with one attached hydrogen (secondary N) is 1. The van der Waals surface area contributed by atoms with Crippen LogP contribution in [0.5, 0.6) is 0 Å². The standard InChI is InChI=1S/C13H16N4O3/c1-7-4-9(8(2)15-7)11(18)6-20-13(19)10-5-12(14)16-17(10)3/h4-5,15H,6H2,1-3H3,(H2,14,16). The monoisotopic (exact) mass is 276 g/mol. The molecule has 0 aromatic carbocycles. The first-order valence-corrected chi connectivity index (χ1v) is 6.04. The van der Waals surface area contributed by atoms with E-state index in [1.165, 1.54) is 10.7 Å². The van der Waals surface area contributed by atoms with Crippen LogP contribution in [0.25, 0.3) is 0 Å². The number of nitrogens with zero attached hydrogens (tertiary/aromatic N) is 2. The maximum atomic E-state index is 12.0. The molecule has 2 heterocycles. The van der Waals surface area contributed by atoms with Crippen LogP contribution in [0.4, 0.5) is 5.82 Å².